The van der Waals surface area contributed by atoms with Crippen LogP contribution in [0.1, 0.15) is 104 Å². The minimum Gasteiger partial charge on any atom is -0.489 e. The van der Waals surface area contributed by atoms with Gasteiger partial charge in [0, 0.05) is 18.0 Å². The Balaban J connectivity index is 1.98. The fourth-order valence-electron chi connectivity index (χ4n) is 5.06. The number of pyridine rings is 1. The summed E-state index contributed by atoms with van der Waals surface area (Å²) < 4.78 is 20.7. The lowest BCUT2D eigenvalue weighted by molar-refractivity contribution is 0.272. The Hall–Kier alpha value is -3.47. The average molecular weight is 588 g/mol. The number of allylic oxidation sites excluding steroid dienone is 3. The molecule has 1 heterocycles. The molecular weight excluding hydrogens is 534 g/mol. The SMILES string of the molecule is CCCCCCOc1c(OC/C=C(\C)CCC=C(C)C)c2ccc(OCc3ccccc3)cc2n(CCCCCC)c1=O. The van der Waals surface area contributed by atoms with Crippen molar-refractivity contribution in [2.45, 2.75) is 112 Å². The summed E-state index contributed by atoms with van der Waals surface area (Å²) in [6, 6.07) is 16.1. The normalized spacial score (nSPS) is 11.5. The number of aromatic nitrogens is 1. The molecule has 43 heavy (non-hydrogen) atoms. The Morgan fingerprint density at radius 2 is 1.53 bits per heavy atom. The van der Waals surface area contributed by atoms with E-state index in [0.29, 0.717) is 37.9 Å². The molecule has 0 aliphatic rings. The molecule has 2 aromatic carbocycles. The number of unbranched alkanes of at least 4 members (excludes halogenated alkanes) is 6. The van der Waals surface area contributed by atoms with E-state index in [-0.39, 0.29) is 5.56 Å². The average Bonchev–Trinajstić information content (AvgIpc) is 3.00. The number of ether oxygens (including phenoxy) is 3. The predicted molar refractivity (Wildman–Crippen MR) is 181 cm³/mol. The van der Waals surface area contributed by atoms with Crippen LogP contribution in [0.25, 0.3) is 10.9 Å². The van der Waals surface area contributed by atoms with Crippen LogP contribution in [-0.4, -0.2) is 17.8 Å². The molecule has 0 bridgehead atoms. The minimum atomic E-state index is -0.126. The lowest BCUT2D eigenvalue weighted by Gasteiger charge is -2.19. The summed E-state index contributed by atoms with van der Waals surface area (Å²) in [6.45, 7) is 12.8. The van der Waals surface area contributed by atoms with E-state index in [2.05, 4.69) is 58.9 Å². The standard InChI is InChI=1S/C38H53NO4/c1-6-8-10-15-25-39-35-28-33(43-29-32-20-13-12-14-21-32)22-23-34(35)36(37(38(39)40)41-26-16-11-9-7-2)42-27-24-31(5)19-17-18-30(3)4/h12-14,18,20-24,28H,6-11,15-17,19,25-27,29H2,1-5H3/b31-24+. The van der Waals surface area contributed by atoms with E-state index in [1.807, 2.05) is 41.0 Å². The highest BCUT2D eigenvalue weighted by molar-refractivity contribution is 5.89. The number of aryl methyl sites for hydroxylation is 1. The van der Waals surface area contributed by atoms with Crippen molar-refractivity contribution in [2.75, 3.05) is 13.2 Å². The first kappa shape index (κ1) is 34.0. The molecule has 0 aliphatic heterocycles. The van der Waals surface area contributed by atoms with Crippen molar-refractivity contribution < 1.29 is 14.2 Å². The molecule has 5 heteroatoms. The maximum Gasteiger partial charge on any atom is 0.297 e. The summed E-state index contributed by atoms with van der Waals surface area (Å²) in [7, 11) is 0. The maximum absolute atomic E-state index is 14.1. The molecule has 234 valence electrons. The largest absolute Gasteiger partial charge is 0.489 e. The molecule has 0 fully saturated rings. The highest BCUT2D eigenvalue weighted by Gasteiger charge is 2.20. The zero-order chi connectivity index (χ0) is 30.9. The van der Waals surface area contributed by atoms with Gasteiger partial charge >= 0.3 is 0 Å². The highest BCUT2D eigenvalue weighted by atomic mass is 16.5. The van der Waals surface area contributed by atoms with Crippen LogP contribution in [0.5, 0.6) is 17.2 Å². The summed E-state index contributed by atoms with van der Waals surface area (Å²) in [5, 5.41) is 0.876. The van der Waals surface area contributed by atoms with E-state index in [4.69, 9.17) is 14.2 Å². The van der Waals surface area contributed by atoms with Gasteiger partial charge in [-0.2, -0.15) is 0 Å². The van der Waals surface area contributed by atoms with E-state index < -0.39 is 0 Å². The summed E-state index contributed by atoms with van der Waals surface area (Å²) >= 11 is 0. The van der Waals surface area contributed by atoms with Gasteiger partial charge in [-0.1, -0.05) is 99.9 Å². The fourth-order valence-corrected chi connectivity index (χ4v) is 5.06. The lowest BCUT2D eigenvalue weighted by atomic mass is 10.1. The first-order valence-electron chi connectivity index (χ1n) is 16.4. The molecule has 0 saturated heterocycles. The van der Waals surface area contributed by atoms with E-state index in [0.717, 1.165) is 86.4 Å². The monoisotopic (exact) mass is 587 g/mol. The molecule has 0 aliphatic carbocycles. The van der Waals surface area contributed by atoms with E-state index in [1.54, 1.807) is 0 Å². The molecule has 5 nitrogen and oxygen atoms in total. The molecule has 0 N–H and O–H groups in total. The van der Waals surface area contributed by atoms with Gasteiger partial charge in [-0.15, -0.1) is 0 Å². The number of nitrogens with zero attached hydrogens (tertiary/aromatic N) is 1. The van der Waals surface area contributed by atoms with Crippen molar-refractivity contribution in [1.29, 1.82) is 0 Å². The van der Waals surface area contributed by atoms with Crippen molar-refractivity contribution in [3.8, 4) is 17.2 Å². The fraction of sp³-hybridized carbons (Fsp3) is 0.500. The topological polar surface area (TPSA) is 49.7 Å². The van der Waals surface area contributed by atoms with Crippen LogP contribution in [-0.2, 0) is 13.2 Å². The van der Waals surface area contributed by atoms with Gasteiger partial charge in [-0.25, -0.2) is 0 Å². The van der Waals surface area contributed by atoms with Crippen LogP contribution in [0, 0.1) is 0 Å². The third-order valence-corrected chi connectivity index (χ3v) is 7.63. The predicted octanol–water partition coefficient (Wildman–Crippen LogP) is 10.2. The van der Waals surface area contributed by atoms with Crippen LogP contribution >= 0.6 is 0 Å². The zero-order valence-corrected chi connectivity index (χ0v) is 27.3. The summed E-state index contributed by atoms with van der Waals surface area (Å²) in [5.74, 6) is 1.59. The number of fused-ring (bicyclic) bond motifs is 1. The third-order valence-electron chi connectivity index (χ3n) is 7.63. The van der Waals surface area contributed by atoms with E-state index >= 15 is 0 Å². The Morgan fingerprint density at radius 3 is 2.26 bits per heavy atom. The van der Waals surface area contributed by atoms with Crippen LogP contribution in [0.2, 0.25) is 0 Å². The van der Waals surface area contributed by atoms with Gasteiger partial charge in [0.25, 0.3) is 5.56 Å². The van der Waals surface area contributed by atoms with Crippen LogP contribution in [0.3, 0.4) is 0 Å². The molecule has 0 spiro atoms. The van der Waals surface area contributed by atoms with Crippen molar-refractivity contribution in [3.05, 3.63) is 87.7 Å². The van der Waals surface area contributed by atoms with Gasteiger partial charge in [-0.3, -0.25) is 4.79 Å². The van der Waals surface area contributed by atoms with Gasteiger partial charge < -0.3 is 18.8 Å². The zero-order valence-electron chi connectivity index (χ0n) is 27.3. The van der Waals surface area contributed by atoms with Crippen molar-refractivity contribution in [3.63, 3.8) is 0 Å². The second-order valence-electron chi connectivity index (χ2n) is 11.7. The van der Waals surface area contributed by atoms with Gasteiger partial charge in [0.15, 0.2) is 5.75 Å². The first-order valence-corrected chi connectivity index (χ1v) is 16.4. The molecule has 0 atom stereocenters. The van der Waals surface area contributed by atoms with Crippen molar-refractivity contribution in [1.82, 2.24) is 4.57 Å². The molecule has 0 amide bonds. The minimum absolute atomic E-state index is 0.126. The molecule has 3 aromatic rings. The van der Waals surface area contributed by atoms with Gasteiger partial charge in [-0.05, 0) is 70.2 Å². The maximum atomic E-state index is 14.1. The van der Waals surface area contributed by atoms with Gasteiger partial charge in [0.2, 0.25) is 5.75 Å². The Morgan fingerprint density at radius 1 is 0.791 bits per heavy atom. The summed E-state index contributed by atoms with van der Waals surface area (Å²) in [5.41, 5.74) is 4.40. The van der Waals surface area contributed by atoms with Crippen molar-refractivity contribution >= 4 is 10.9 Å². The summed E-state index contributed by atoms with van der Waals surface area (Å²) in [4.78, 5) is 14.1. The molecule has 0 radical (unpaired) electrons. The molecule has 0 saturated carbocycles. The Bertz CT molecular complexity index is 1370. The molecule has 1 aromatic heterocycles. The van der Waals surface area contributed by atoms with Crippen LogP contribution in [0.4, 0.5) is 0 Å². The number of rotatable bonds is 20. The number of hydrogen-bond donors (Lipinski definition) is 0. The molecular formula is C38H53NO4. The smallest absolute Gasteiger partial charge is 0.297 e. The van der Waals surface area contributed by atoms with E-state index in [9.17, 15) is 4.79 Å². The Kier molecular flexibility index (Phi) is 15.0. The lowest BCUT2D eigenvalue weighted by Crippen LogP contribution is -2.24. The van der Waals surface area contributed by atoms with Gasteiger partial charge in [0.1, 0.15) is 19.0 Å². The second kappa shape index (κ2) is 18.9. The van der Waals surface area contributed by atoms with Gasteiger partial charge in [0.05, 0.1) is 12.1 Å². The second-order valence-corrected chi connectivity index (χ2v) is 11.7. The summed E-state index contributed by atoms with van der Waals surface area (Å²) in [6.07, 6.45) is 15.0. The quantitative estimate of drug-likeness (QED) is 0.0975. The first-order chi connectivity index (χ1) is 20.9. The highest BCUT2D eigenvalue weighted by Crippen LogP contribution is 2.35. The van der Waals surface area contributed by atoms with Crippen LogP contribution < -0.4 is 19.8 Å². The third kappa shape index (κ3) is 11.3. The van der Waals surface area contributed by atoms with Crippen molar-refractivity contribution in [2.24, 2.45) is 0 Å². The van der Waals surface area contributed by atoms with Crippen LogP contribution in [0.15, 0.2) is 76.6 Å². The Labute approximate surface area is 259 Å². The van der Waals surface area contributed by atoms with E-state index in [1.165, 1.54) is 11.1 Å². The number of benzene rings is 2. The molecule has 3 rings (SSSR count). The number of hydrogen-bond acceptors (Lipinski definition) is 4. The molecule has 0 unspecified atom stereocenters.